The van der Waals surface area contributed by atoms with E-state index in [1.807, 2.05) is 0 Å². The van der Waals surface area contributed by atoms with Crippen LogP contribution in [0.15, 0.2) is 23.2 Å². The molecule has 0 radical (unpaired) electrons. The number of ether oxygens (including phenoxy) is 1. The summed E-state index contributed by atoms with van der Waals surface area (Å²) in [6.07, 6.45) is 0.537. The fraction of sp³-hybridized carbons (Fsp3) is 0.462. The zero-order chi connectivity index (χ0) is 14.5. The van der Waals surface area contributed by atoms with Crippen molar-refractivity contribution in [3.8, 4) is 0 Å². The van der Waals surface area contributed by atoms with Crippen molar-refractivity contribution < 1.29 is 17.9 Å². The predicted octanol–water partition coefficient (Wildman–Crippen LogP) is 3.02. The van der Waals surface area contributed by atoms with E-state index in [1.54, 1.807) is 0 Å². The highest BCUT2D eigenvalue weighted by molar-refractivity contribution is 8.13. The van der Waals surface area contributed by atoms with Gasteiger partial charge in [0.15, 0.2) is 12.0 Å². The van der Waals surface area contributed by atoms with Crippen molar-refractivity contribution in [3.63, 3.8) is 0 Å². The Morgan fingerprint density at radius 2 is 2.20 bits per heavy atom. The lowest BCUT2D eigenvalue weighted by molar-refractivity contribution is 0.0492. The highest BCUT2D eigenvalue weighted by Crippen LogP contribution is 2.36. The SMILES string of the molecule is NC1=NC(c2ccc(F)cc2F)C(CCOCF)CS1. The molecule has 0 saturated carbocycles. The van der Waals surface area contributed by atoms with Crippen LogP contribution in [0.1, 0.15) is 18.0 Å². The summed E-state index contributed by atoms with van der Waals surface area (Å²) >= 11 is 1.37. The average Bonchev–Trinajstić information content (AvgIpc) is 2.41. The molecule has 3 nitrogen and oxygen atoms in total. The number of rotatable bonds is 5. The van der Waals surface area contributed by atoms with Gasteiger partial charge in [-0.05, 0) is 18.4 Å². The summed E-state index contributed by atoms with van der Waals surface area (Å²) < 4.78 is 43.5. The Hall–Kier alpha value is -1.21. The van der Waals surface area contributed by atoms with E-state index in [1.165, 1.54) is 23.9 Å². The molecule has 1 heterocycles. The first-order valence-corrected chi connectivity index (χ1v) is 7.15. The number of nitrogens with two attached hydrogens (primary N) is 1. The summed E-state index contributed by atoms with van der Waals surface area (Å²) in [5.74, 6) is -0.661. The topological polar surface area (TPSA) is 47.6 Å². The van der Waals surface area contributed by atoms with Gasteiger partial charge < -0.3 is 10.5 Å². The molecule has 2 N–H and O–H groups in total. The van der Waals surface area contributed by atoms with E-state index in [0.717, 1.165) is 6.07 Å². The van der Waals surface area contributed by atoms with Crippen LogP contribution in [-0.4, -0.2) is 24.4 Å². The first-order valence-electron chi connectivity index (χ1n) is 6.16. The highest BCUT2D eigenvalue weighted by atomic mass is 32.2. The van der Waals surface area contributed by atoms with Crippen molar-refractivity contribution in [2.75, 3.05) is 19.2 Å². The molecule has 0 aliphatic carbocycles. The molecule has 110 valence electrons. The van der Waals surface area contributed by atoms with Gasteiger partial charge in [0.05, 0.1) is 12.6 Å². The van der Waals surface area contributed by atoms with E-state index < -0.39 is 24.5 Å². The van der Waals surface area contributed by atoms with Crippen LogP contribution < -0.4 is 5.73 Å². The number of amidine groups is 1. The molecule has 0 fully saturated rings. The number of alkyl halides is 1. The first kappa shape index (κ1) is 15.2. The Labute approximate surface area is 119 Å². The van der Waals surface area contributed by atoms with Crippen LogP contribution in [0.2, 0.25) is 0 Å². The van der Waals surface area contributed by atoms with Crippen molar-refractivity contribution in [3.05, 3.63) is 35.4 Å². The zero-order valence-electron chi connectivity index (χ0n) is 10.7. The van der Waals surface area contributed by atoms with Crippen molar-refractivity contribution in [2.45, 2.75) is 12.5 Å². The molecule has 0 amide bonds. The molecule has 2 atom stereocenters. The van der Waals surface area contributed by atoms with E-state index in [9.17, 15) is 13.2 Å². The second-order valence-corrected chi connectivity index (χ2v) is 5.50. The Kier molecular flexibility index (Phi) is 5.31. The van der Waals surface area contributed by atoms with Gasteiger partial charge in [0.2, 0.25) is 0 Å². The van der Waals surface area contributed by atoms with Gasteiger partial charge >= 0.3 is 0 Å². The molecule has 0 spiro atoms. The van der Waals surface area contributed by atoms with Gasteiger partial charge in [-0.15, -0.1) is 0 Å². The van der Waals surface area contributed by atoms with Gasteiger partial charge in [0, 0.05) is 17.4 Å². The van der Waals surface area contributed by atoms with E-state index in [4.69, 9.17) is 5.73 Å². The standard InChI is InChI=1S/C13H15F3N2OS/c14-7-19-4-3-8-6-20-13(17)18-12(8)10-2-1-9(15)5-11(10)16/h1-2,5,8,12H,3-4,6-7H2,(H2,17,18). The lowest BCUT2D eigenvalue weighted by atomic mass is 9.92. The van der Waals surface area contributed by atoms with Crippen molar-refractivity contribution in [1.29, 1.82) is 0 Å². The fourth-order valence-electron chi connectivity index (χ4n) is 2.16. The fourth-order valence-corrected chi connectivity index (χ4v) is 3.08. The maximum absolute atomic E-state index is 13.9. The van der Waals surface area contributed by atoms with Crippen LogP contribution in [0.25, 0.3) is 0 Å². The zero-order valence-corrected chi connectivity index (χ0v) is 11.5. The van der Waals surface area contributed by atoms with Crippen LogP contribution in [0, 0.1) is 17.6 Å². The molecule has 0 saturated heterocycles. The largest absolute Gasteiger partial charge is 0.379 e. The summed E-state index contributed by atoms with van der Waals surface area (Å²) in [6.45, 7) is -0.614. The third kappa shape index (κ3) is 3.67. The molecular formula is C13H15F3N2OS. The Morgan fingerprint density at radius 3 is 2.90 bits per heavy atom. The summed E-state index contributed by atoms with van der Waals surface area (Å²) in [5.41, 5.74) is 5.99. The van der Waals surface area contributed by atoms with Crippen molar-refractivity contribution in [2.24, 2.45) is 16.6 Å². The smallest absolute Gasteiger partial charge is 0.188 e. The number of benzene rings is 1. The number of nitrogens with zero attached hydrogens (tertiary/aromatic N) is 1. The summed E-state index contributed by atoms with van der Waals surface area (Å²) in [6, 6.07) is 2.92. The lowest BCUT2D eigenvalue weighted by Gasteiger charge is -2.28. The van der Waals surface area contributed by atoms with Gasteiger partial charge in [-0.3, -0.25) is 4.99 Å². The molecule has 1 aliphatic heterocycles. The van der Waals surface area contributed by atoms with E-state index >= 15 is 0 Å². The molecule has 1 aromatic carbocycles. The monoisotopic (exact) mass is 304 g/mol. The lowest BCUT2D eigenvalue weighted by Crippen LogP contribution is -2.26. The number of aliphatic imine (C=N–C) groups is 1. The van der Waals surface area contributed by atoms with Gasteiger partial charge in [0.25, 0.3) is 0 Å². The average molecular weight is 304 g/mol. The van der Waals surface area contributed by atoms with E-state index in [2.05, 4.69) is 9.73 Å². The number of halogens is 3. The first-order chi connectivity index (χ1) is 9.61. The third-order valence-corrected chi connectivity index (χ3v) is 4.15. The second-order valence-electron chi connectivity index (χ2n) is 4.46. The van der Waals surface area contributed by atoms with Crippen LogP contribution >= 0.6 is 11.8 Å². The molecule has 0 bridgehead atoms. The van der Waals surface area contributed by atoms with E-state index in [-0.39, 0.29) is 12.5 Å². The maximum atomic E-state index is 13.9. The van der Waals surface area contributed by atoms with Crippen LogP contribution in [0.5, 0.6) is 0 Å². The van der Waals surface area contributed by atoms with Crippen LogP contribution in [0.3, 0.4) is 0 Å². The molecule has 0 aromatic heterocycles. The summed E-state index contributed by atoms with van der Waals surface area (Å²) in [4.78, 5) is 4.25. The minimum atomic E-state index is -0.846. The highest BCUT2D eigenvalue weighted by Gasteiger charge is 2.29. The Bertz CT molecular complexity index is 499. The van der Waals surface area contributed by atoms with Gasteiger partial charge in [-0.2, -0.15) is 0 Å². The summed E-state index contributed by atoms with van der Waals surface area (Å²) in [7, 11) is 0. The van der Waals surface area contributed by atoms with E-state index in [0.29, 0.717) is 22.9 Å². The second kappa shape index (κ2) is 6.99. The molecule has 7 heteroatoms. The van der Waals surface area contributed by atoms with Crippen molar-refractivity contribution in [1.82, 2.24) is 0 Å². The quantitative estimate of drug-likeness (QED) is 0.851. The van der Waals surface area contributed by atoms with Crippen LogP contribution in [0.4, 0.5) is 13.2 Å². The maximum Gasteiger partial charge on any atom is 0.188 e. The Morgan fingerprint density at radius 1 is 1.40 bits per heavy atom. The minimum Gasteiger partial charge on any atom is -0.379 e. The third-order valence-electron chi connectivity index (χ3n) is 3.15. The van der Waals surface area contributed by atoms with Gasteiger partial charge in [-0.1, -0.05) is 17.8 Å². The predicted molar refractivity (Wildman–Crippen MR) is 73.2 cm³/mol. The molecule has 2 rings (SSSR count). The molecule has 1 aromatic rings. The minimum absolute atomic E-state index is 0.0289. The molecule has 20 heavy (non-hydrogen) atoms. The number of hydrogen-bond acceptors (Lipinski definition) is 4. The summed E-state index contributed by atoms with van der Waals surface area (Å²) in [5, 5.41) is 0.376. The Balaban J connectivity index is 2.21. The van der Waals surface area contributed by atoms with Gasteiger partial charge in [-0.25, -0.2) is 13.2 Å². The molecule has 1 aliphatic rings. The number of hydrogen-bond donors (Lipinski definition) is 1. The van der Waals surface area contributed by atoms with Gasteiger partial charge in [0.1, 0.15) is 11.6 Å². The molecule has 2 unspecified atom stereocenters. The molecular weight excluding hydrogens is 289 g/mol. The van der Waals surface area contributed by atoms with Crippen molar-refractivity contribution >= 4 is 16.9 Å². The van der Waals surface area contributed by atoms with Crippen LogP contribution in [-0.2, 0) is 4.74 Å². The normalized spacial score (nSPS) is 22.6. The number of thioether (sulfide) groups is 1.